The Bertz CT molecular complexity index is 522. The fourth-order valence-corrected chi connectivity index (χ4v) is 2.88. The molecule has 4 rings (SSSR count). The molecule has 8 nitrogen and oxygen atoms in total. The first-order chi connectivity index (χ1) is 10.4. The van der Waals surface area contributed by atoms with E-state index in [4.69, 9.17) is 24.3 Å². The maximum absolute atomic E-state index is 9.10. The van der Waals surface area contributed by atoms with Gasteiger partial charge in [0.25, 0.3) is 0 Å². The molecule has 3 aliphatic rings. The van der Waals surface area contributed by atoms with E-state index in [1.807, 2.05) is 0 Å². The third-order valence-electron chi connectivity index (χ3n) is 4.13. The molecule has 1 unspecified atom stereocenters. The molecule has 3 saturated heterocycles. The molecule has 8 heteroatoms. The molecule has 1 atom stereocenters. The quantitative estimate of drug-likeness (QED) is 0.781. The minimum absolute atomic E-state index is 0.360. The molecule has 2 N–H and O–H groups in total. The van der Waals surface area contributed by atoms with Crippen molar-refractivity contribution < 1.29 is 24.3 Å². The third kappa shape index (κ3) is 3.82. The molecule has 0 aromatic carbocycles. The number of aromatic nitrogens is 2. The van der Waals surface area contributed by atoms with Crippen molar-refractivity contribution in [1.82, 2.24) is 15.0 Å². The number of hydrogen-bond donors (Lipinski definition) is 2. The third-order valence-corrected chi connectivity index (χ3v) is 4.13. The van der Waals surface area contributed by atoms with Crippen molar-refractivity contribution in [3.05, 3.63) is 11.7 Å². The van der Waals surface area contributed by atoms with Crippen molar-refractivity contribution in [2.45, 2.75) is 38.5 Å². The molecule has 1 aromatic rings. The molecule has 1 aromatic heterocycles. The fraction of sp³-hybridized carbons (Fsp3) is 0.714. The monoisotopic (exact) mass is 311 g/mol. The molecule has 3 fully saturated rings. The Morgan fingerprint density at radius 1 is 1.23 bits per heavy atom. The molecule has 0 radical (unpaired) electrons. The Morgan fingerprint density at radius 2 is 1.82 bits per heavy atom. The number of aliphatic carboxylic acids is 2. The van der Waals surface area contributed by atoms with Crippen LogP contribution >= 0.6 is 0 Å². The normalized spacial score (nSPS) is 26.4. The van der Waals surface area contributed by atoms with Crippen LogP contribution in [0, 0.1) is 5.92 Å². The summed E-state index contributed by atoms with van der Waals surface area (Å²) >= 11 is 0. The van der Waals surface area contributed by atoms with Gasteiger partial charge in [-0.05, 0) is 31.8 Å². The van der Waals surface area contributed by atoms with Gasteiger partial charge in [-0.2, -0.15) is 4.98 Å². The molecule has 3 aliphatic heterocycles. The Morgan fingerprint density at radius 3 is 2.18 bits per heavy atom. The summed E-state index contributed by atoms with van der Waals surface area (Å²) in [6.45, 7) is 7.83. The number of hydrogen-bond acceptors (Lipinski definition) is 6. The summed E-state index contributed by atoms with van der Waals surface area (Å²) in [7, 11) is 0. The highest BCUT2D eigenvalue weighted by Gasteiger charge is 2.38. The molecule has 0 spiro atoms. The van der Waals surface area contributed by atoms with Gasteiger partial charge >= 0.3 is 11.9 Å². The maximum atomic E-state index is 9.10. The largest absolute Gasteiger partial charge is 0.473 e. The number of piperidine rings is 3. The predicted octanol–water partition coefficient (Wildman–Crippen LogP) is 1.16. The minimum atomic E-state index is -1.82. The van der Waals surface area contributed by atoms with E-state index in [0.717, 1.165) is 24.2 Å². The van der Waals surface area contributed by atoms with Crippen molar-refractivity contribution in [2.24, 2.45) is 5.92 Å². The number of carboxylic acid groups (broad SMARTS) is 2. The lowest BCUT2D eigenvalue weighted by Gasteiger charge is -2.43. The second-order valence-corrected chi connectivity index (χ2v) is 6.00. The Kier molecular flexibility index (Phi) is 5.12. The molecule has 0 amide bonds. The standard InChI is InChI=1S/C12H19N3O.C2H2O4/c1-8(2)11-13-12(16-14-11)10-7-15-5-3-9(10)4-6-15;3-1(4)2(5)6/h8-10H,3-7H2,1-2H3;(H,3,4)(H,5,6). The van der Waals surface area contributed by atoms with Crippen LogP contribution < -0.4 is 0 Å². The average Bonchev–Trinajstić information content (AvgIpc) is 2.99. The van der Waals surface area contributed by atoms with Gasteiger partial charge in [0.15, 0.2) is 5.82 Å². The van der Waals surface area contributed by atoms with Gasteiger partial charge in [0.1, 0.15) is 0 Å². The highest BCUT2D eigenvalue weighted by molar-refractivity contribution is 6.27. The van der Waals surface area contributed by atoms with Gasteiger partial charge in [-0.25, -0.2) is 9.59 Å². The Labute approximate surface area is 128 Å². The summed E-state index contributed by atoms with van der Waals surface area (Å²) in [5.41, 5.74) is 0. The summed E-state index contributed by atoms with van der Waals surface area (Å²) in [6, 6.07) is 0. The lowest BCUT2D eigenvalue weighted by molar-refractivity contribution is -0.159. The van der Waals surface area contributed by atoms with Crippen molar-refractivity contribution in [3.63, 3.8) is 0 Å². The lowest BCUT2D eigenvalue weighted by atomic mass is 9.79. The van der Waals surface area contributed by atoms with Crippen LogP contribution in [-0.4, -0.2) is 56.8 Å². The van der Waals surface area contributed by atoms with Gasteiger partial charge in [0.2, 0.25) is 5.89 Å². The van der Waals surface area contributed by atoms with Crippen LogP contribution in [-0.2, 0) is 9.59 Å². The van der Waals surface area contributed by atoms with Gasteiger partial charge in [0.05, 0.1) is 5.92 Å². The number of nitrogens with zero attached hydrogens (tertiary/aromatic N) is 3. The van der Waals surface area contributed by atoms with Crippen LogP contribution in [0.3, 0.4) is 0 Å². The fourth-order valence-electron chi connectivity index (χ4n) is 2.88. The number of carbonyl (C=O) groups is 2. The SMILES string of the molecule is CC(C)c1noc(C2CN3CCC2CC3)n1.O=C(O)C(=O)O. The van der Waals surface area contributed by atoms with E-state index in [-0.39, 0.29) is 0 Å². The van der Waals surface area contributed by atoms with Crippen molar-refractivity contribution in [2.75, 3.05) is 19.6 Å². The Hall–Kier alpha value is -1.96. The molecule has 0 saturated carbocycles. The molecule has 122 valence electrons. The van der Waals surface area contributed by atoms with Gasteiger partial charge in [-0.15, -0.1) is 0 Å². The van der Waals surface area contributed by atoms with E-state index >= 15 is 0 Å². The van der Waals surface area contributed by atoms with Crippen LogP contribution in [0.2, 0.25) is 0 Å². The molecule has 0 aliphatic carbocycles. The first-order valence-corrected chi connectivity index (χ1v) is 7.40. The molecular weight excluding hydrogens is 290 g/mol. The van der Waals surface area contributed by atoms with E-state index in [1.165, 1.54) is 25.9 Å². The molecular formula is C14H21N3O5. The van der Waals surface area contributed by atoms with Crippen LogP contribution in [0.1, 0.15) is 50.2 Å². The summed E-state index contributed by atoms with van der Waals surface area (Å²) in [6.07, 6.45) is 2.59. The van der Waals surface area contributed by atoms with E-state index in [1.54, 1.807) is 0 Å². The zero-order valence-electron chi connectivity index (χ0n) is 12.7. The summed E-state index contributed by atoms with van der Waals surface area (Å²) in [5.74, 6) is -0.305. The predicted molar refractivity (Wildman–Crippen MR) is 75.6 cm³/mol. The first-order valence-electron chi connectivity index (χ1n) is 7.40. The smallest absolute Gasteiger partial charge is 0.414 e. The Balaban J connectivity index is 0.000000254. The second kappa shape index (κ2) is 6.87. The highest BCUT2D eigenvalue weighted by atomic mass is 16.5. The maximum Gasteiger partial charge on any atom is 0.414 e. The first kappa shape index (κ1) is 16.4. The van der Waals surface area contributed by atoms with E-state index in [0.29, 0.717) is 11.8 Å². The topological polar surface area (TPSA) is 117 Å². The number of rotatable bonds is 2. The van der Waals surface area contributed by atoms with Gasteiger partial charge < -0.3 is 19.6 Å². The molecule has 22 heavy (non-hydrogen) atoms. The minimum Gasteiger partial charge on any atom is -0.473 e. The van der Waals surface area contributed by atoms with E-state index in [2.05, 4.69) is 28.9 Å². The van der Waals surface area contributed by atoms with Crippen molar-refractivity contribution in [3.8, 4) is 0 Å². The van der Waals surface area contributed by atoms with Crippen LogP contribution in [0.25, 0.3) is 0 Å². The van der Waals surface area contributed by atoms with E-state index < -0.39 is 11.9 Å². The van der Waals surface area contributed by atoms with Crippen LogP contribution in [0.4, 0.5) is 0 Å². The zero-order valence-corrected chi connectivity index (χ0v) is 12.7. The second-order valence-electron chi connectivity index (χ2n) is 6.00. The average molecular weight is 311 g/mol. The van der Waals surface area contributed by atoms with Crippen LogP contribution in [0.5, 0.6) is 0 Å². The molecule has 4 heterocycles. The van der Waals surface area contributed by atoms with E-state index in [9.17, 15) is 0 Å². The zero-order chi connectivity index (χ0) is 16.3. The molecule has 2 bridgehead atoms. The number of carboxylic acids is 2. The van der Waals surface area contributed by atoms with Gasteiger partial charge in [-0.1, -0.05) is 19.0 Å². The lowest BCUT2D eigenvalue weighted by Crippen LogP contribution is -2.46. The summed E-state index contributed by atoms with van der Waals surface area (Å²) < 4.78 is 5.43. The van der Waals surface area contributed by atoms with Gasteiger partial charge in [0, 0.05) is 12.5 Å². The summed E-state index contributed by atoms with van der Waals surface area (Å²) in [4.78, 5) is 25.3. The van der Waals surface area contributed by atoms with Crippen LogP contribution in [0.15, 0.2) is 4.52 Å². The van der Waals surface area contributed by atoms with Crippen molar-refractivity contribution >= 4 is 11.9 Å². The summed E-state index contributed by atoms with van der Waals surface area (Å²) in [5, 5.41) is 18.9. The highest BCUT2D eigenvalue weighted by Crippen LogP contribution is 2.38. The van der Waals surface area contributed by atoms with Gasteiger partial charge in [-0.3, -0.25) is 0 Å². The number of fused-ring (bicyclic) bond motifs is 3. The van der Waals surface area contributed by atoms with Crippen molar-refractivity contribution in [1.29, 1.82) is 0 Å².